The molecule has 0 unspecified atom stereocenters. The second-order valence-corrected chi connectivity index (χ2v) is 2.99. The number of aromatic carboxylic acids is 1. The minimum absolute atomic E-state index is 0.0394. The Hall–Kier alpha value is -0.835. The van der Waals surface area contributed by atoms with Crippen LogP contribution in [-0.4, -0.2) is 23.9 Å². The molecular formula is C5H4BNO2S. The summed E-state index contributed by atoms with van der Waals surface area (Å²) in [6.07, 6.45) is 0. The van der Waals surface area contributed by atoms with E-state index in [2.05, 4.69) is 4.98 Å². The average Bonchev–Trinajstić information content (AvgIpc) is 2.10. The van der Waals surface area contributed by atoms with Gasteiger partial charge in [0.2, 0.25) is 0 Å². The van der Waals surface area contributed by atoms with E-state index in [1.807, 2.05) is 0 Å². The molecule has 1 heterocycles. The first-order chi connectivity index (χ1) is 4.61. The minimum Gasteiger partial charge on any atom is -0.477 e. The molecule has 0 amide bonds. The first-order valence-corrected chi connectivity index (χ1v) is 3.39. The Labute approximate surface area is 63.1 Å². The highest BCUT2D eigenvalue weighted by molar-refractivity contribution is 7.20. The molecule has 2 radical (unpaired) electrons. The van der Waals surface area contributed by atoms with Gasteiger partial charge in [-0.3, -0.25) is 0 Å². The number of hydrogen-bond acceptors (Lipinski definition) is 3. The third-order valence-electron chi connectivity index (χ3n) is 0.963. The van der Waals surface area contributed by atoms with Gasteiger partial charge >= 0.3 is 5.97 Å². The molecule has 1 N–H and O–H groups in total. The molecule has 3 nitrogen and oxygen atoms in total. The van der Waals surface area contributed by atoms with Crippen LogP contribution in [0.2, 0.25) is 0 Å². The fourth-order valence-corrected chi connectivity index (χ4v) is 1.28. The van der Waals surface area contributed by atoms with Gasteiger partial charge in [0.25, 0.3) is 0 Å². The summed E-state index contributed by atoms with van der Waals surface area (Å²) in [5.74, 6) is -1.07. The van der Waals surface area contributed by atoms with Gasteiger partial charge in [-0.25, -0.2) is 9.78 Å². The normalized spacial score (nSPS) is 9.70. The highest BCUT2D eigenvalue weighted by Crippen LogP contribution is 2.02. The van der Waals surface area contributed by atoms with Crippen molar-refractivity contribution < 1.29 is 9.90 Å². The molecule has 0 bridgehead atoms. The van der Waals surface area contributed by atoms with Crippen molar-refractivity contribution in [2.75, 3.05) is 0 Å². The Morgan fingerprint density at radius 2 is 2.40 bits per heavy atom. The predicted molar refractivity (Wildman–Crippen MR) is 39.2 cm³/mol. The molecule has 0 aliphatic carbocycles. The van der Waals surface area contributed by atoms with Crippen molar-refractivity contribution in [3.8, 4) is 0 Å². The van der Waals surface area contributed by atoms with Crippen LogP contribution in [0, 0.1) is 6.92 Å². The maximum Gasteiger partial charge on any atom is 0.354 e. The molecule has 5 heteroatoms. The van der Waals surface area contributed by atoms with E-state index < -0.39 is 5.97 Å². The quantitative estimate of drug-likeness (QED) is 0.575. The maximum atomic E-state index is 10.3. The number of carboxylic acid groups (broad SMARTS) is 1. The van der Waals surface area contributed by atoms with E-state index in [-0.39, 0.29) is 10.5 Å². The summed E-state index contributed by atoms with van der Waals surface area (Å²) in [5, 5.41) is 9.12. The molecule has 0 aromatic carbocycles. The van der Waals surface area contributed by atoms with E-state index in [4.69, 9.17) is 13.0 Å². The SMILES string of the molecule is [B]c1sc(C)nc1C(=O)O. The molecule has 1 aromatic rings. The van der Waals surface area contributed by atoms with Gasteiger partial charge in [-0.1, -0.05) is 0 Å². The van der Waals surface area contributed by atoms with Gasteiger partial charge in [0.15, 0.2) is 5.69 Å². The van der Waals surface area contributed by atoms with E-state index in [9.17, 15) is 4.79 Å². The zero-order valence-corrected chi connectivity index (χ0v) is 6.10. The highest BCUT2D eigenvalue weighted by Gasteiger charge is 2.10. The molecule has 0 spiro atoms. The fraction of sp³-hybridized carbons (Fsp3) is 0.200. The molecule has 0 fully saturated rings. The van der Waals surface area contributed by atoms with Crippen molar-refractivity contribution in [1.82, 2.24) is 4.98 Å². The Morgan fingerprint density at radius 1 is 1.80 bits per heavy atom. The summed E-state index contributed by atoms with van der Waals surface area (Å²) in [6, 6.07) is 0. The van der Waals surface area contributed by atoms with Crippen LogP contribution >= 0.6 is 11.3 Å². The van der Waals surface area contributed by atoms with E-state index in [1.54, 1.807) is 6.92 Å². The zero-order valence-electron chi connectivity index (χ0n) is 5.29. The lowest BCUT2D eigenvalue weighted by molar-refractivity contribution is 0.0692. The zero-order chi connectivity index (χ0) is 7.72. The number of carbonyl (C=O) groups is 1. The fourth-order valence-electron chi connectivity index (χ4n) is 0.596. The van der Waals surface area contributed by atoms with Crippen LogP contribution in [0.1, 0.15) is 15.5 Å². The molecule has 50 valence electrons. The van der Waals surface area contributed by atoms with Gasteiger partial charge in [0.05, 0.1) is 5.01 Å². The Morgan fingerprint density at radius 3 is 2.60 bits per heavy atom. The molecule has 1 rings (SSSR count). The second kappa shape index (κ2) is 2.42. The van der Waals surface area contributed by atoms with Crippen LogP contribution in [0.4, 0.5) is 0 Å². The average molecular weight is 153 g/mol. The van der Waals surface area contributed by atoms with Crippen molar-refractivity contribution in [3.05, 3.63) is 10.7 Å². The minimum atomic E-state index is -1.07. The summed E-state index contributed by atoms with van der Waals surface area (Å²) in [4.78, 5) is 14.0. The van der Waals surface area contributed by atoms with Gasteiger partial charge in [-0.15, -0.1) is 11.3 Å². The Kier molecular flexibility index (Phi) is 1.76. The van der Waals surface area contributed by atoms with Crippen LogP contribution in [0.3, 0.4) is 0 Å². The van der Waals surface area contributed by atoms with E-state index in [0.29, 0.717) is 5.01 Å². The van der Waals surface area contributed by atoms with Crippen LogP contribution < -0.4 is 4.78 Å². The first kappa shape index (κ1) is 7.27. The van der Waals surface area contributed by atoms with Gasteiger partial charge in [0, 0.05) is 0 Å². The van der Waals surface area contributed by atoms with Gasteiger partial charge in [0.1, 0.15) is 7.85 Å². The standard InChI is InChI=1S/C5H4BNO2S/c1-2-7-3(5(8)9)4(6)10-2/h1H3,(H,8,9). The van der Waals surface area contributed by atoms with Gasteiger partial charge in [-0.2, -0.15) is 0 Å². The number of thiazole rings is 1. The third-order valence-corrected chi connectivity index (χ3v) is 1.76. The monoisotopic (exact) mass is 153 g/mol. The lowest BCUT2D eigenvalue weighted by Crippen LogP contribution is -2.10. The van der Waals surface area contributed by atoms with Crippen molar-refractivity contribution in [2.24, 2.45) is 0 Å². The van der Waals surface area contributed by atoms with Gasteiger partial charge < -0.3 is 5.11 Å². The van der Waals surface area contributed by atoms with Crippen molar-refractivity contribution in [3.63, 3.8) is 0 Å². The molecule has 0 saturated heterocycles. The van der Waals surface area contributed by atoms with Crippen molar-refractivity contribution in [2.45, 2.75) is 6.92 Å². The summed E-state index contributed by atoms with van der Waals surface area (Å²) >= 11 is 1.18. The number of rotatable bonds is 1. The molecule has 1 aromatic heterocycles. The number of aryl methyl sites for hydroxylation is 1. The van der Waals surface area contributed by atoms with E-state index in [0.717, 1.165) is 0 Å². The summed E-state index contributed by atoms with van der Waals surface area (Å²) in [5.41, 5.74) is -0.0394. The summed E-state index contributed by atoms with van der Waals surface area (Å²) in [7, 11) is 5.32. The molecule has 10 heavy (non-hydrogen) atoms. The smallest absolute Gasteiger partial charge is 0.354 e. The number of aromatic nitrogens is 1. The van der Waals surface area contributed by atoms with E-state index >= 15 is 0 Å². The third kappa shape index (κ3) is 1.18. The summed E-state index contributed by atoms with van der Waals surface area (Å²) < 4.78 is 0.269. The first-order valence-electron chi connectivity index (χ1n) is 2.57. The van der Waals surface area contributed by atoms with Crippen LogP contribution in [0.5, 0.6) is 0 Å². The molecule has 0 aliphatic rings. The maximum absolute atomic E-state index is 10.3. The molecule has 0 saturated carbocycles. The molecule has 0 aliphatic heterocycles. The van der Waals surface area contributed by atoms with Crippen LogP contribution in [0.15, 0.2) is 0 Å². The van der Waals surface area contributed by atoms with Crippen molar-refractivity contribution >= 4 is 29.9 Å². The van der Waals surface area contributed by atoms with Gasteiger partial charge in [-0.05, 0) is 11.7 Å². The van der Waals surface area contributed by atoms with Crippen molar-refractivity contribution in [1.29, 1.82) is 0 Å². The number of hydrogen-bond donors (Lipinski definition) is 1. The predicted octanol–water partition coefficient (Wildman–Crippen LogP) is -0.0565. The Balaban J connectivity index is 3.15. The highest BCUT2D eigenvalue weighted by atomic mass is 32.1. The lowest BCUT2D eigenvalue weighted by atomic mass is 10.1. The van der Waals surface area contributed by atoms with E-state index in [1.165, 1.54) is 11.3 Å². The molecule has 0 atom stereocenters. The van der Waals surface area contributed by atoms with Crippen LogP contribution in [0.25, 0.3) is 0 Å². The number of carboxylic acids is 1. The largest absolute Gasteiger partial charge is 0.477 e. The number of nitrogens with zero attached hydrogens (tertiary/aromatic N) is 1. The second-order valence-electron chi connectivity index (χ2n) is 1.75. The summed E-state index contributed by atoms with van der Waals surface area (Å²) in [6.45, 7) is 1.72. The lowest BCUT2D eigenvalue weighted by Gasteiger charge is -1.85. The van der Waals surface area contributed by atoms with Crippen LogP contribution in [-0.2, 0) is 0 Å². The Bertz CT molecular complexity index is 271. The topological polar surface area (TPSA) is 50.2 Å². The molecular weight excluding hydrogens is 149 g/mol.